The molecule has 108 valence electrons. The van der Waals surface area contributed by atoms with Crippen LogP contribution in [-0.4, -0.2) is 28.4 Å². The van der Waals surface area contributed by atoms with Gasteiger partial charge in [-0.1, -0.05) is 0 Å². The molecule has 1 aliphatic heterocycles. The number of nitrogens with one attached hydrogen (secondary N) is 2. The Morgan fingerprint density at radius 1 is 1.55 bits per heavy atom. The lowest BCUT2D eigenvalue weighted by Gasteiger charge is -2.12. The molecule has 1 saturated heterocycles. The van der Waals surface area contributed by atoms with Gasteiger partial charge in [0.2, 0.25) is 0 Å². The van der Waals surface area contributed by atoms with Gasteiger partial charge < -0.3 is 10.7 Å². The van der Waals surface area contributed by atoms with Gasteiger partial charge in [-0.25, -0.2) is 0 Å². The molecule has 4 N–H and O–H groups in total. The van der Waals surface area contributed by atoms with E-state index in [4.69, 9.17) is 5.84 Å². The zero-order valence-electron chi connectivity index (χ0n) is 10.8. The smallest absolute Gasteiger partial charge is 0.270 e. The monoisotopic (exact) mass is 296 g/mol. The summed E-state index contributed by atoms with van der Waals surface area (Å²) >= 11 is 1.83. The van der Waals surface area contributed by atoms with Gasteiger partial charge in [-0.3, -0.25) is 20.8 Å². The van der Waals surface area contributed by atoms with Crippen LogP contribution in [0.4, 0.5) is 11.4 Å². The molecular formula is C12H16N4O3S. The van der Waals surface area contributed by atoms with Crippen LogP contribution >= 0.6 is 11.8 Å². The average molecular weight is 296 g/mol. The van der Waals surface area contributed by atoms with Crippen LogP contribution in [0.15, 0.2) is 18.2 Å². The van der Waals surface area contributed by atoms with Crippen LogP contribution in [0, 0.1) is 10.1 Å². The summed E-state index contributed by atoms with van der Waals surface area (Å²) in [4.78, 5) is 22.3. The van der Waals surface area contributed by atoms with Gasteiger partial charge in [-0.05, 0) is 24.7 Å². The van der Waals surface area contributed by atoms with Crippen molar-refractivity contribution in [2.75, 3.05) is 17.7 Å². The number of carbonyl (C=O) groups excluding carboxylic acids is 1. The lowest BCUT2D eigenvalue weighted by atomic mass is 10.1. The predicted octanol–water partition coefficient (Wildman–Crippen LogP) is 1.51. The van der Waals surface area contributed by atoms with Crippen molar-refractivity contribution in [3.05, 3.63) is 33.9 Å². The lowest BCUT2D eigenvalue weighted by molar-refractivity contribution is -0.384. The zero-order chi connectivity index (χ0) is 14.5. The number of carbonyl (C=O) groups is 1. The number of nitro benzene ring substituents is 1. The van der Waals surface area contributed by atoms with E-state index in [0.717, 1.165) is 18.6 Å². The number of nitro groups is 1. The van der Waals surface area contributed by atoms with E-state index in [9.17, 15) is 14.9 Å². The van der Waals surface area contributed by atoms with Crippen molar-refractivity contribution >= 4 is 29.0 Å². The van der Waals surface area contributed by atoms with Crippen molar-refractivity contribution in [2.45, 2.75) is 18.1 Å². The summed E-state index contributed by atoms with van der Waals surface area (Å²) in [7, 11) is 0. The van der Waals surface area contributed by atoms with Gasteiger partial charge in [-0.15, -0.1) is 0 Å². The number of nitrogens with two attached hydrogens (primary N) is 1. The third-order valence-corrected chi connectivity index (χ3v) is 4.53. The first kappa shape index (κ1) is 14.6. The highest BCUT2D eigenvalue weighted by Gasteiger charge is 2.19. The quantitative estimate of drug-likeness (QED) is 0.431. The summed E-state index contributed by atoms with van der Waals surface area (Å²) in [6.07, 6.45) is 2.25. The Bertz CT molecular complexity index is 517. The molecule has 0 saturated carbocycles. The molecule has 0 bridgehead atoms. The molecule has 8 heteroatoms. The van der Waals surface area contributed by atoms with E-state index in [0.29, 0.717) is 17.5 Å². The van der Waals surface area contributed by atoms with Gasteiger partial charge in [0.25, 0.3) is 11.6 Å². The second kappa shape index (κ2) is 6.58. The lowest BCUT2D eigenvalue weighted by Crippen LogP contribution is -2.30. The van der Waals surface area contributed by atoms with Crippen LogP contribution in [0.3, 0.4) is 0 Å². The van der Waals surface area contributed by atoms with Crippen molar-refractivity contribution < 1.29 is 9.72 Å². The number of rotatable bonds is 5. The Kier molecular flexibility index (Phi) is 4.80. The number of hydrogen-bond acceptors (Lipinski definition) is 6. The normalized spacial score (nSPS) is 17.8. The largest absolute Gasteiger partial charge is 0.351 e. The number of hydrogen-bond donors (Lipinski definition) is 3. The van der Waals surface area contributed by atoms with E-state index in [1.54, 1.807) is 0 Å². The number of benzene rings is 1. The number of nitrogens with zero attached hydrogens (tertiary/aromatic N) is 1. The maximum Gasteiger partial charge on any atom is 0.270 e. The molecule has 1 aromatic rings. The minimum atomic E-state index is -0.538. The van der Waals surface area contributed by atoms with Crippen molar-refractivity contribution in [1.82, 2.24) is 5.32 Å². The summed E-state index contributed by atoms with van der Waals surface area (Å²) in [5.41, 5.74) is 2.80. The Morgan fingerprint density at radius 2 is 2.35 bits per heavy atom. The highest BCUT2D eigenvalue weighted by molar-refractivity contribution is 8.00. The van der Waals surface area contributed by atoms with Crippen molar-refractivity contribution in [3.63, 3.8) is 0 Å². The van der Waals surface area contributed by atoms with Gasteiger partial charge in [0.15, 0.2) is 0 Å². The fourth-order valence-corrected chi connectivity index (χ4v) is 3.27. The standard InChI is InChI=1S/C12H16N4O3S/c13-15-11-4-3-8(16(18)19)6-10(11)12(17)14-7-9-2-1-5-20-9/h3-4,6,9,15H,1-2,5,7,13H2,(H,14,17). The van der Waals surface area contributed by atoms with Gasteiger partial charge in [-0.2, -0.15) is 11.8 Å². The van der Waals surface area contributed by atoms with E-state index in [-0.39, 0.29) is 17.2 Å². The molecule has 1 heterocycles. The third kappa shape index (κ3) is 3.40. The molecule has 0 aromatic heterocycles. The average Bonchev–Trinajstić information content (AvgIpc) is 2.97. The van der Waals surface area contributed by atoms with Crippen molar-refractivity contribution in [1.29, 1.82) is 0 Å². The van der Waals surface area contributed by atoms with Crippen LogP contribution in [0.5, 0.6) is 0 Å². The Balaban J connectivity index is 2.10. The molecule has 0 aliphatic carbocycles. The minimum Gasteiger partial charge on any atom is -0.351 e. The van der Waals surface area contributed by atoms with Crippen LogP contribution in [0.2, 0.25) is 0 Å². The van der Waals surface area contributed by atoms with E-state index >= 15 is 0 Å². The number of nitrogen functional groups attached to an aromatic ring is 1. The molecule has 7 nitrogen and oxygen atoms in total. The molecule has 1 aliphatic rings. The maximum atomic E-state index is 12.1. The van der Waals surface area contributed by atoms with Crippen LogP contribution < -0.4 is 16.6 Å². The summed E-state index contributed by atoms with van der Waals surface area (Å²) in [6, 6.07) is 3.96. The Labute approximate surface area is 120 Å². The molecule has 0 radical (unpaired) electrons. The number of anilines is 1. The SMILES string of the molecule is NNc1ccc([N+](=O)[O-])cc1C(=O)NCC1CCCS1. The van der Waals surface area contributed by atoms with Gasteiger partial charge in [0, 0.05) is 23.9 Å². The van der Waals surface area contributed by atoms with Gasteiger partial charge in [0.1, 0.15) is 0 Å². The Morgan fingerprint density at radius 3 is 2.95 bits per heavy atom. The maximum absolute atomic E-state index is 12.1. The van der Waals surface area contributed by atoms with Crippen LogP contribution in [0.25, 0.3) is 0 Å². The summed E-state index contributed by atoms with van der Waals surface area (Å²) in [5, 5.41) is 14.0. The second-order valence-electron chi connectivity index (χ2n) is 4.48. The third-order valence-electron chi connectivity index (χ3n) is 3.13. The molecule has 2 rings (SSSR count). The zero-order valence-corrected chi connectivity index (χ0v) is 11.6. The first-order valence-electron chi connectivity index (χ1n) is 6.26. The summed E-state index contributed by atoms with van der Waals surface area (Å²) in [5.74, 6) is 6.09. The summed E-state index contributed by atoms with van der Waals surface area (Å²) < 4.78 is 0. The molecule has 1 fully saturated rings. The number of non-ortho nitro benzene ring substituents is 1. The van der Waals surface area contributed by atoms with Gasteiger partial charge >= 0.3 is 0 Å². The minimum absolute atomic E-state index is 0.135. The van der Waals surface area contributed by atoms with Gasteiger partial charge in [0.05, 0.1) is 16.2 Å². The highest BCUT2D eigenvalue weighted by Crippen LogP contribution is 2.26. The molecule has 1 amide bonds. The van der Waals surface area contributed by atoms with Crippen LogP contribution in [0.1, 0.15) is 23.2 Å². The molecule has 0 spiro atoms. The predicted molar refractivity (Wildman–Crippen MR) is 78.7 cm³/mol. The van der Waals surface area contributed by atoms with E-state index in [1.807, 2.05) is 11.8 Å². The Hall–Kier alpha value is -1.80. The highest BCUT2D eigenvalue weighted by atomic mass is 32.2. The molecule has 1 atom stereocenters. The van der Waals surface area contributed by atoms with Crippen molar-refractivity contribution in [3.8, 4) is 0 Å². The summed E-state index contributed by atoms with van der Waals surface area (Å²) in [6.45, 7) is 0.566. The first-order chi connectivity index (χ1) is 9.61. The molecule has 1 unspecified atom stereocenters. The topological polar surface area (TPSA) is 110 Å². The fraction of sp³-hybridized carbons (Fsp3) is 0.417. The fourth-order valence-electron chi connectivity index (χ4n) is 2.07. The van der Waals surface area contributed by atoms with E-state index in [2.05, 4.69) is 10.7 Å². The number of amides is 1. The van der Waals surface area contributed by atoms with E-state index < -0.39 is 4.92 Å². The number of thioether (sulfide) groups is 1. The van der Waals surface area contributed by atoms with E-state index in [1.165, 1.54) is 18.2 Å². The molecular weight excluding hydrogens is 280 g/mol. The second-order valence-corrected chi connectivity index (χ2v) is 5.88. The molecule has 20 heavy (non-hydrogen) atoms. The first-order valence-corrected chi connectivity index (χ1v) is 7.31. The molecule has 1 aromatic carbocycles. The number of hydrazine groups is 1. The van der Waals surface area contributed by atoms with Crippen LogP contribution in [-0.2, 0) is 0 Å². The van der Waals surface area contributed by atoms with Crippen molar-refractivity contribution in [2.24, 2.45) is 5.84 Å².